The first-order valence-electron chi connectivity index (χ1n) is 11.6. The number of hydrogen-bond acceptors (Lipinski definition) is 3. The Labute approximate surface area is 201 Å². The zero-order chi connectivity index (χ0) is 23.9. The fraction of sp³-hybridized carbons (Fsp3) is 0.172. The van der Waals surface area contributed by atoms with Gasteiger partial charge >= 0.3 is 0 Å². The number of benzene rings is 3. The number of rotatable bonds is 9. The first-order chi connectivity index (χ1) is 16.6. The Morgan fingerprint density at radius 2 is 1.62 bits per heavy atom. The van der Waals surface area contributed by atoms with Gasteiger partial charge in [-0.2, -0.15) is 0 Å². The number of carbonyl (C=O) groups is 1. The summed E-state index contributed by atoms with van der Waals surface area (Å²) in [6, 6.07) is 28.7. The molecule has 5 heteroatoms. The fourth-order valence-electron chi connectivity index (χ4n) is 4.09. The number of nitrogens with one attached hydrogen (secondary N) is 1. The molecule has 0 radical (unpaired) electrons. The number of anilines is 1. The van der Waals surface area contributed by atoms with Gasteiger partial charge in [0.25, 0.3) is 5.91 Å². The normalized spacial score (nSPS) is 10.6. The van der Waals surface area contributed by atoms with Crippen LogP contribution in [-0.4, -0.2) is 34.0 Å². The van der Waals surface area contributed by atoms with Crippen LogP contribution >= 0.6 is 0 Å². The van der Waals surface area contributed by atoms with Crippen LogP contribution in [0, 0.1) is 0 Å². The molecule has 0 aliphatic carbocycles. The average molecular weight is 451 g/mol. The number of carbonyl (C=O) groups excluding carboxylic acids is 1. The van der Waals surface area contributed by atoms with E-state index >= 15 is 0 Å². The molecule has 1 aromatic heterocycles. The highest BCUT2D eigenvalue weighted by Gasteiger charge is 2.26. The minimum atomic E-state index is -0.0694. The number of amides is 1. The van der Waals surface area contributed by atoms with Crippen LogP contribution in [0.4, 0.5) is 5.82 Å². The van der Waals surface area contributed by atoms with Crippen molar-refractivity contribution in [1.29, 1.82) is 0 Å². The topological polar surface area (TPSA) is 50.2 Å². The van der Waals surface area contributed by atoms with Crippen molar-refractivity contribution in [2.24, 2.45) is 0 Å². The maximum absolute atomic E-state index is 13.6. The highest BCUT2D eigenvalue weighted by molar-refractivity contribution is 5.98. The van der Waals surface area contributed by atoms with E-state index < -0.39 is 0 Å². The van der Waals surface area contributed by atoms with E-state index in [0.29, 0.717) is 24.6 Å². The SMILES string of the molecule is C=CNc1nc(-c2cccc(-c3ccccc3)c2)n(Cc2ccccc2)c1C(=O)N(C)CCC. The summed E-state index contributed by atoms with van der Waals surface area (Å²) >= 11 is 0. The summed E-state index contributed by atoms with van der Waals surface area (Å²) in [6.45, 7) is 7.06. The molecule has 1 N–H and O–H groups in total. The third-order valence-electron chi connectivity index (χ3n) is 5.73. The van der Waals surface area contributed by atoms with Crippen LogP contribution in [0.15, 0.2) is 97.7 Å². The van der Waals surface area contributed by atoms with E-state index in [4.69, 9.17) is 4.98 Å². The van der Waals surface area contributed by atoms with E-state index in [0.717, 1.165) is 34.5 Å². The predicted molar refractivity (Wildman–Crippen MR) is 140 cm³/mol. The third-order valence-corrected chi connectivity index (χ3v) is 5.73. The number of hydrogen-bond donors (Lipinski definition) is 1. The molecule has 0 spiro atoms. The Hall–Kier alpha value is -4.12. The van der Waals surface area contributed by atoms with Gasteiger partial charge in [-0.3, -0.25) is 4.79 Å². The molecule has 0 unspecified atom stereocenters. The Morgan fingerprint density at radius 3 is 2.29 bits per heavy atom. The lowest BCUT2D eigenvalue weighted by Gasteiger charge is -2.19. The van der Waals surface area contributed by atoms with Crippen molar-refractivity contribution in [3.63, 3.8) is 0 Å². The van der Waals surface area contributed by atoms with Gasteiger partial charge in [0.15, 0.2) is 11.5 Å². The monoisotopic (exact) mass is 450 g/mol. The van der Waals surface area contributed by atoms with Crippen LogP contribution in [-0.2, 0) is 6.54 Å². The van der Waals surface area contributed by atoms with Gasteiger partial charge in [0.1, 0.15) is 5.82 Å². The molecule has 4 rings (SSSR count). The van der Waals surface area contributed by atoms with Crippen LogP contribution in [0.25, 0.3) is 22.5 Å². The van der Waals surface area contributed by atoms with Crippen molar-refractivity contribution >= 4 is 11.7 Å². The molecule has 1 heterocycles. The quantitative estimate of drug-likeness (QED) is 0.325. The third kappa shape index (κ3) is 4.94. The molecule has 0 atom stereocenters. The predicted octanol–water partition coefficient (Wildman–Crippen LogP) is 6.30. The summed E-state index contributed by atoms with van der Waals surface area (Å²) in [4.78, 5) is 20.2. The van der Waals surface area contributed by atoms with Crippen LogP contribution in [0.3, 0.4) is 0 Å². The first kappa shape index (κ1) is 23.1. The molecule has 0 aliphatic rings. The Bertz CT molecular complexity index is 1260. The molecular weight excluding hydrogens is 420 g/mol. The molecule has 3 aromatic carbocycles. The molecular formula is C29H30N4O. The van der Waals surface area contributed by atoms with Crippen LogP contribution in [0.2, 0.25) is 0 Å². The molecule has 1 amide bonds. The number of aromatic nitrogens is 2. The van der Waals surface area contributed by atoms with Gasteiger partial charge < -0.3 is 14.8 Å². The van der Waals surface area contributed by atoms with E-state index in [2.05, 4.69) is 55.2 Å². The molecule has 0 fully saturated rings. The maximum atomic E-state index is 13.6. The fourth-order valence-corrected chi connectivity index (χ4v) is 4.09. The first-order valence-corrected chi connectivity index (χ1v) is 11.6. The van der Waals surface area contributed by atoms with Crippen molar-refractivity contribution in [2.45, 2.75) is 19.9 Å². The summed E-state index contributed by atoms with van der Waals surface area (Å²) < 4.78 is 2.01. The second-order valence-corrected chi connectivity index (χ2v) is 8.23. The molecule has 0 aliphatic heterocycles. The summed E-state index contributed by atoms with van der Waals surface area (Å²) in [7, 11) is 1.83. The van der Waals surface area contributed by atoms with Crippen LogP contribution in [0.5, 0.6) is 0 Å². The molecule has 0 saturated carbocycles. The van der Waals surface area contributed by atoms with Crippen LogP contribution < -0.4 is 5.32 Å². The van der Waals surface area contributed by atoms with Crippen molar-refractivity contribution < 1.29 is 4.79 Å². The molecule has 5 nitrogen and oxygen atoms in total. The van der Waals surface area contributed by atoms with E-state index in [1.807, 2.05) is 60.1 Å². The summed E-state index contributed by atoms with van der Waals surface area (Å²) in [5, 5.41) is 3.10. The van der Waals surface area contributed by atoms with Gasteiger partial charge in [0, 0.05) is 25.7 Å². The Balaban J connectivity index is 1.89. The highest BCUT2D eigenvalue weighted by atomic mass is 16.2. The smallest absolute Gasteiger partial charge is 0.274 e. The molecule has 4 aromatic rings. The largest absolute Gasteiger partial charge is 0.345 e. The Morgan fingerprint density at radius 1 is 0.971 bits per heavy atom. The lowest BCUT2D eigenvalue weighted by Crippen LogP contribution is -2.30. The van der Waals surface area contributed by atoms with Crippen LogP contribution in [0.1, 0.15) is 29.4 Å². The van der Waals surface area contributed by atoms with E-state index in [1.165, 1.54) is 0 Å². The number of imidazole rings is 1. The maximum Gasteiger partial charge on any atom is 0.274 e. The van der Waals surface area contributed by atoms with Gasteiger partial charge in [-0.25, -0.2) is 4.98 Å². The zero-order valence-corrected chi connectivity index (χ0v) is 19.7. The molecule has 0 bridgehead atoms. The minimum absolute atomic E-state index is 0.0694. The van der Waals surface area contributed by atoms with Crippen molar-refractivity contribution in [3.8, 4) is 22.5 Å². The van der Waals surface area contributed by atoms with Crippen molar-refractivity contribution in [3.05, 3.63) is 109 Å². The molecule has 34 heavy (non-hydrogen) atoms. The van der Waals surface area contributed by atoms with Gasteiger partial charge in [0.2, 0.25) is 0 Å². The van der Waals surface area contributed by atoms with Gasteiger partial charge in [0.05, 0.1) is 0 Å². The zero-order valence-electron chi connectivity index (χ0n) is 19.7. The Kier molecular flexibility index (Phi) is 7.23. The van der Waals surface area contributed by atoms with E-state index in [1.54, 1.807) is 11.1 Å². The molecule has 172 valence electrons. The van der Waals surface area contributed by atoms with Gasteiger partial charge in [-0.05, 0) is 35.4 Å². The molecule has 0 saturated heterocycles. The summed E-state index contributed by atoms with van der Waals surface area (Å²) in [5.74, 6) is 1.18. The number of nitrogens with zero attached hydrogens (tertiary/aromatic N) is 3. The summed E-state index contributed by atoms with van der Waals surface area (Å²) in [6.07, 6.45) is 2.45. The second-order valence-electron chi connectivity index (χ2n) is 8.23. The van der Waals surface area contributed by atoms with Crippen molar-refractivity contribution in [1.82, 2.24) is 14.5 Å². The van der Waals surface area contributed by atoms with E-state index in [9.17, 15) is 4.79 Å². The van der Waals surface area contributed by atoms with Gasteiger partial charge in [-0.15, -0.1) is 0 Å². The summed E-state index contributed by atoms with van der Waals surface area (Å²) in [5.41, 5.74) is 4.80. The lowest BCUT2D eigenvalue weighted by molar-refractivity contribution is 0.0786. The van der Waals surface area contributed by atoms with Crippen molar-refractivity contribution in [2.75, 3.05) is 18.9 Å². The van der Waals surface area contributed by atoms with Gasteiger partial charge in [-0.1, -0.05) is 92.4 Å². The minimum Gasteiger partial charge on any atom is -0.345 e. The standard InChI is InChI=1S/C29H30N4O/c1-4-19-32(3)29(34)26-27(30-5-2)31-28(33(26)21-22-13-8-6-9-14-22)25-18-12-17-24(20-25)23-15-10-7-11-16-23/h5-18,20,30H,2,4,19,21H2,1,3H3. The lowest BCUT2D eigenvalue weighted by atomic mass is 10.0. The highest BCUT2D eigenvalue weighted by Crippen LogP contribution is 2.31. The van der Waals surface area contributed by atoms with E-state index in [-0.39, 0.29) is 5.91 Å². The second kappa shape index (κ2) is 10.7. The average Bonchev–Trinajstić information content (AvgIpc) is 3.22.